The fourth-order valence-corrected chi connectivity index (χ4v) is 2.15. The van der Waals surface area contributed by atoms with Gasteiger partial charge in [0, 0.05) is 13.0 Å². The van der Waals surface area contributed by atoms with Crippen molar-refractivity contribution in [2.45, 2.75) is 12.6 Å². The lowest BCUT2D eigenvalue weighted by atomic mass is 10.1. The van der Waals surface area contributed by atoms with Crippen LogP contribution in [0.3, 0.4) is 0 Å². The molecular formula is C15H11ClF4N2O. The van der Waals surface area contributed by atoms with Gasteiger partial charge in [-0.1, -0.05) is 23.7 Å². The average Bonchev–Trinajstić information content (AvgIpc) is 2.49. The third kappa shape index (κ3) is 4.41. The normalized spacial score (nSPS) is 11.3. The van der Waals surface area contributed by atoms with Crippen LogP contribution in [0.4, 0.5) is 17.6 Å². The van der Waals surface area contributed by atoms with Crippen molar-refractivity contribution in [3.8, 4) is 0 Å². The summed E-state index contributed by atoms with van der Waals surface area (Å²) < 4.78 is 51.5. The summed E-state index contributed by atoms with van der Waals surface area (Å²) in [6.45, 7) is -0.0266. The Morgan fingerprint density at radius 1 is 1.17 bits per heavy atom. The van der Waals surface area contributed by atoms with E-state index < -0.39 is 29.2 Å². The fraction of sp³-hybridized carbons (Fsp3) is 0.200. The van der Waals surface area contributed by atoms with Crippen LogP contribution in [0.1, 0.15) is 21.6 Å². The molecule has 1 N–H and O–H groups in total. The molecule has 23 heavy (non-hydrogen) atoms. The average molecular weight is 347 g/mol. The van der Waals surface area contributed by atoms with Crippen LogP contribution in [0.25, 0.3) is 0 Å². The lowest BCUT2D eigenvalue weighted by Gasteiger charge is -2.12. The monoisotopic (exact) mass is 346 g/mol. The van der Waals surface area contributed by atoms with E-state index in [4.69, 9.17) is 11.6 Å². The molecule has 1 aromatic heterocycles. The number of hydrogen-bond acceptors (Lipinski definition) is 2. The fourth-order valence-electron chi connectivity index (χ4n) is 1.95. The Morgan fingerprint density at radius 2 is 1.87 bits per heavy atom. The van der Waals surface area contributed by atoms with Crippen molar-refractivity contribution in [1.82, 2.24) is 10.3 Å². The van der Waals surface area contributed by atoms with E-state index in [9.17, 15) is 22.4 Å². The Hall–Kier alpha value is -2.15. The van der Waals surface area contributed by atoms with Gasteiger partial charge in [-0.05, 0) is 24.3 Å². The van der Waals surface area contributed by atoms with Crippen molar-refractivity contribution >= 4 is 17.5 Å². The number of nitrogens with one attached hydrogen (secondary N) is 1. The number of benzene rings is 1. The van der Waals surface area contributed by atoms with E-state index in [0.717, 1.165) is 18.2 Å². The molecule has 122 valence electrons. The van der Waals surface area contributed by atoms with Gasteiger partial charge in [-0.25, -0.2) is 4.98 Å². The number of halogens is 5. The van der Waals surface area contributed by atoms with Crippen molar-refractivity contribution < 1.29 is 22.4 Å². The van der Waals surface area contributed by atoms with Gasteiger partial charge < -0.3 is 5.32 Å². The SMILES string of the molecule is O=C(NCCc1nc(F)ccc1Cl)c1ccccc1C(F)(F)F. The van der Waals surface area contributed by atoms with Crippen LogP contribution < -0.4 is 5.32 Å². The molecule has 0 aliphatic heterocycles. The van der Waals surface area contributed by atoms with Crippen LogP contribution in [-0.4, -0.2) is 17.4 Å². The standard InChI is InChI=1S/C15H11ClF4N2O/c16-11-5-6-13(17)22-12(11)7-8-21-14(23)9-3-1-2-4-10(9)15(18,19)20/h1-6H,7-8H2,(H,21,23). The molecule has 0 aliphatic rings. The van der Waals surface area contributed by atoms with Gasteiger partial charge in [0.1, 0.15) is 0 Å². The molecule has 1 heterocycles. The van der Waals surface area contributed by atoms with E-state index in [1.54, 1.807) is 0 Å². The predicted molar refractivity (Wildman–Crippen MR) is 76.7 cm³/mol. The molecule has 2 rings (SSSR count). The number of carbonyl (C=O) groups is 1. The summed E-state index contributed by atoms with van der Waals surface area (Å²) >= 11 is 5.82. The molecule has 2 aromatic rings. The van der Waals surface area contributed by atoms with Crippen molar-refractivity contribution in [2.24, 2.45) is 0 Å². The minimum absolute atomic E-state index is 0.0266. The number of carbonyl (C=O) groups excluding carboxylic acids is 1. The molecule has 3 nitrogen and oxygen atoms in total. The number of rotatable bonds is 4. The van der Waals surface area contributed by atoms with Gasteiger partial charge in [0.2, 0.25) is 5.95 Å². The summed E-state index contributed by atoms with van der Waals surface area (Å²) in [5.74, 6) is -1.59. The molecule has 0 fully saturated rings. The number of nitrogens with zero attached hydrogens (tertiary/aromatic N) is 1. The van der Waals surface area contributed by atoms with E-state index in [2.05, 4.69) is 10.3 Å². The predicted octanol–water partition coefficient (Wildman–Crippen LogP) is 3.87. The Kier molecular flexibility index (Phi) is 5.20. The number of pyridine rings is 1. The summed E-state index contributed by atoms with van der Waals surface area (Å²) in [5, 5.41) is 2.57. The zero-order chi connectivity index (χ0) is 17.0. The van der Waals surface area contributed by atoms with E-state index in [-0.39, 0.29) is 23.7 Å². The second-order valence-electron chi connectivity index (χ2n) is 4.61. The van der Waals surface area contributed by atoms with Crippen LogP contribution in [-0.2, 0) is 12.6 Å². The summed E-state index contributed by atoms with van der Waals surface area (Å²) in [7, 11) is 0. The highest BCUT2D eigenvalue weighted by Gasteiger charge is 2.34. The van der Waals surface area contributed by atoms with Gasteiger partial charge in [0.25, 0.3) is 5.91 Å². The van der Waals surface area contributed by atoms with Crippen LogP contribution in [0, 0.1) is 5.95 Å². The highest BCUT2D eigenvalue weighted by molar-refractivity contribution is 6.31. The van der Waals surface area contributed by atoms with E-state index in [1.807, 2.05) is 0 Å². The maximum Gasteiger partial charge on any atom is 0.417 e. The molecular weight excluding hydrogens is 336 g/mol. The second-order valence-corrected chi connectivity index (χ2v) is 5.02. The second kappa shape index (κ2) is 6.95. The Labute approximate surface area is 134 Å². The lowest BCUT2D eigenvalue weighted by molar-refractivity contribution is -0.137. The number of amides is 1. The Bertz CT molecular complexity index is 719. The first-order chi connectivity index (χ1) is 10.8. The smallest absolute Gasteiger partial charge is 0.352 e. The first-order valence-corrected chi connectivity index (χ1v) is 6.92. The number of alkyl halides is 3. The molecule has 0 unspecified atom stereocenters. The van der Waals surface area contributed by atoms with Gasteiger partial charge in [-0.2, -0.15) is 17.6 Å². The van der Waals surface area contributed by atoms with Crippen molar-refractivity contribution in [3.63, 3.8) is 0 Å². The molecule has 0 saturated carbocycles. The molecule has 0 aliphatic carbocycles. The maximum atomic E-state index is 13.0. The summed E-state index contributed by atoms with van der Waals surface area (Å²) in [4.78, 5) is 15.5. The molecule has 0 radical (unpaired) electrons. The highest BCUT2D eigenvalue weighted by atomic mass is 35.5. The summed E-state index contributed by atoms with van der Waals surface area (Å²) in [5.41, 5.74) is -1.27. The first kappa shape index (κ1) is 17.2. The van der Waals surface area contributed by atoms with Crippen molar-refractivity contribution in [2.75, 3.05) is 6.54 Å². The summed E-state index contributed by atoms with van der Waals surface area (Å²) in [6, 6.07) is 6.88. The van der Waals surface area contributed by atoms with Crippen LogP contribution in [0.15, 0.2) is 36.4 Å². The van der Waals surface area contributed by atoms with Crippen LogP contribution >= 0.6 is 11.6 Å². The summed E-state index contributed by atoms with van der Waals surface area (Å²) in [6.07, 6.45) is -4.53. The quantitative estimate of drug-likeness (QED) is 0.674. The molecule has 8 heteroatoms. The molecule has 0 atom stereocenters. The Morgan fingerprint density at radius 3 is 2.57 bits per heavy atom. The van der Waals surface area contributed by atoms with Crippen molar-refractivity contribution in [3.05, 3.63) is 64.2 Å². The largest absolute Gasteiger partial charge is 0.417 e. The molecule has 0 spiro atoms. The molecule has 1 amide bonds. The third-order valence-corrected chi connectivity index (χ3v) is 3.35. The third-order valence-electron chi connectivity index (χ3n) is 3.01. The topological polar surface area (TPSA) is 42.0 Å². The Balaban J connectivity index is 2.05. The van der Waals surface area contributed by atoms with Gasteiger partial charge in [-0.3, -0.25) is 4.79 Å². The zero-order valence-electron chi connectivity index (χ0n) is 11.6. The number of hydrogen-bond donors (Lipinski definition) is 1. The van der Waals surface area contributed by atoms with Gasteiger partial charge in [0.15, 0.2) is 0 Å². The highest BCUT2D eigenvalue weighted by Crippen LogP contribution is 2.31. The van der Waals surface area contributed by atoms with E-state index in [1.165, 1.54) is 18.2 Å². The lowest BCUT2D eigenvalue weighted by Crippen LogP contribution is -2.28. The maximum absolute atomic E-state index is 13.0. The number of aromatic nitrogens is 1. The minimum Gasteiger partial charge on any atom is -0.352 e. The first-order valence-electron chi connectivity index (χ1n) is 6.54. The zero-order valence-corrected chi connectivity index (χ0v) is 12.4. The minimum atomic E-state index is -4.62. The van der Waals surface area contributed by atoms with Crippen LogP contribution in [0.5, 0.6) is 0 Å². The van der Waals surface area contributed by atoms with Crippen LogP contribution in [0.2, 0.25) is 5.02 Å². The molecule has 0 bridgehead atoms. The molecule has 0 saturated heterocycles. The van der Waals surface area contributed by atoms with Gasteiger partial charge in [0.05, 0.1) is 21.8 Å². The van der Waals surface area contributed by atoms with Gasteiger partial charge >= 0.3 is 6.18 Å². The van der Waals surface area contributed by atoms with E-state index in [0.29, 0.717) is 0 Å². The van der Waals surface area contributed by atoms with E-state index >= 15 is 0 Å². The van der Waals surface area contributed by atoms with Crippen molar-refractivity contribution in [1.29, 1.82) is 0 Å². The van der Waals surface area contributed by atoms with Gasteiger partial charge in [-0.15, -0.1) is 0 Å². The molecule has 1 aromatic carbocycles.